The second-order valence-electron chi connectivity index (χ2n) is 3.80. The predicted octanol–water partition coefficient (Wildman–Crippen LogP) is 3.12. The zero-order chi connectivity index (χ0) is 9.03. The third kappa shape index (κ3) is 2.91. The van der Waals surface area contributed by atoms with E-state index in [1.165, 1.54) is 0 Å². The van der Waals surface area contributed by atoms with Crippen LogP contribution < -0.4 is 0 Å². The van der Waals surface area contributed by atoms with Crippen molar-refractivity contribution < 1.29 is 9.09 Å². The first kappa shape index (κ1) is 10.3. The van der Waals surface area contributed by atoms with E-state index in [2.05, 4.69) is 13.8 Å². The standard InChI is InChI=1S/C9H19O2P/c1-3-4-6-11-12(10)7-5-9(2)8-12/h9H,3-8H2,1-2H3/t9-,12-/m1/s1. The maximum absolute atomic E-state index is 11.9. The smallest absolute Gasteiger partial charge is 0.203 e. The van der Waals surface area contributed by atoms with Crippen molar-refractivity contribution in [2.75, 3.05) is 18.9 Å². The minimum absolute atomic E-state index is 0.609. The summed E-state index contributed by atoms with van der Waals surface area (Å²) in [4.78, 5) is 0. The Labute approximate surface area is 75.1 Å². The lowest BCUT2D eigenvalue weighted by Gasteiger charge is -2.11. The van der Waals surface area contributed by atoms with Crippen LogP contribution in [0.1, 0.15) is 33.1 Å². The van der Waals surface area contributed by atoms with E-state index in [-0.39, 0.29) is 0 Å². The number of hydrogen-bond acceptors (Lipinski definition) is 2. The van der Waals surface area contributed by atoms with Gasteiger partial charge in [0.2, 0.25) is 7.37 Å². The molecular formula is C9H19O2P. The molecule has 0 amide bonds. The Bertz CT molecular complexity index is 179. The van der Waals surface area contributed by atoms with Gasteiger partial charge in [-0.2, -0.15) is 0 Å². The third-order valence-corrected chi connectivity index (χ3v) is 5.15. The zero-order valence-corrected chi connectivity index (χ0v) is 8.98. The molecule has 2 atom stereocenters. The fraction of sp³-hybridized carbons (Fsp3) is 1.00. The molecule has 0 saturated carbocycles. The molecule has 72 valence electrons. The lowest BCUT2D eigenvalue weighted by Crippen LogP contribution is -1.96. The Morgan fingerprint density at radius 2 is 2.33 bits per heavy atom. The van der Waals surface area contributed by atoms with Crippen molar-refractivity contribution in [2.24, 2.45) is 5.92 Å². The molecule has 0 bridgehead atoms. The van der Waals surface area contributed by atoms with Gasteiger partial charge in [-0.05, 0) is 18.8 Å². The number of hydrogen-bond donors (Lipinski definition) is 0. The van der Waals surface area contributed by atoms with E-state index in [4.69, 9.17) is 4.52 Å². The maximum atomic E-state index is 11.9. The van der Waals surface area contributed by atoms with Crippen LogP contribution in [0.15, 0.2) is 0 Å². The van der Waals surface area contributed by atoms with Gasteiger partial charge < -0.3 is 4.52 Å². The molecule has 0 radical (unpaired) electrons. The van der Waals surface area contributed by atoms with Crippen molar-refractivity contribution in [3.05, 3.63) is 0 Å². The molecule has 1 saturated heterocycles. The quantitative estimate of drug-likeness (QED) is 0.503. The summed E-state index contributed by atoms with van der Waals surface area (Å²) in [6.45, 7) is 4.97. The molecule has 1 aliphatic rings. The van der Waals surface area contributed by atoms with E-state index < -0.39 is 7.37 Å². The van der Waals surface area contributed by atoms with Gasteiger partial charge in [0.1, 0.15) is 0 Å². The molecule has 12 heavy (non-hydrogen) atoms. The zero-order valence-electron chi connectivity index (χ0n) is 8.08. The number of rotatable bonds is 4. The molecule has 1 rings (SSSR count). The summed E-state index contributed by atoms with van der Waals surface area (Å²) in [5.74, 6) is 0.609. The summed E-state index contributed by atoms with van der Waals surface area (Å²) in [5.41, 5.74) is 0. The van der Waals surface area contributed by atoms with E-state index in [1.54, 1.807) is 0 Å². The van der Waals surface area contributed by atoms with Crippen LogP contribution in [-0.2, 0) is 9.09 Å². The predicted molar refractivity (Wildman–Crippen MR) is 52.0 cm³/mol. The molecule has 0 aliphatic carbocycles. The minimum atomic E-state index is -2.16. The lowest BCUT2D eigenvalue weighted by molar-refractivity contribution is 0.309. The van der Waals surface area contributed by atoms with Crippen LogP contribution in [0.3, 0.4) is 0 Å². The summed E-state index contributed by atoms with van der Waals surface area (Å²) < 4.78 is 17.3. The summed E-state index contributed by atoms with van der Waals surface area (Å²) in [7, 11) is -2.16. The van der Waals surface area contributed by atoms with Crippen molar-refractivity contribution in [1.29, 1.82) is 0 Å². The van der Waals surface area contributed by atoms with Crippen molar-refractivity contribution >= 4 is 7.37 Å². The van der Waals surface area contributed by atoms with Gasteiger partial charge in [-0.1, -0.05) is 20.3 Å². The topological polar surface area (TPSA) is 26.3 Å². The second-order valence-corrected chi connectivity index (χ2v) is 6.50. The van der Waals surface area contributed by atoms with E-state index in [0.717, 1.165) is 31.6 Å². The highest BCUT2D eigenvalue weighted by atomic mass is 31.2. The van der Waals surface area contributed by atoms with Crippen LogP contribution in [0.25, 0.3) is 0 Å². The van der Waals surface area contributed by atoms with Gasteiger partial charge in [-0.3, -0.25) is 4.57 Å². The second kappa shape index (κ2) is 4.43. The van der Waals surface area contributed by atoms with Crippen LogP contribution >= 0.6 is 7.37 Å². The monoisotopic (exact) mass is 190 g/mol. The highest BCUT2D eigenvalue weighted by Crippen LogP contribution is 2.54. The maximum Gasteiger partial charge on any atom is 0.203 e. The fourth-order valence-corrected chi connectivity index (χ4v) is 4.41. The first-order valence-electron chi connectivity index (χ1n) is 4.89. The molecule has 1 heterocycles. The average molecular weight is 190 g/mol. The summed E-state index contributed by atoms with van der Waals surface area (Å²) in [5, 5.41) is 0. The third-order valence-electron chi connectivity index (χ3n) is 2.38. The summed E-state index contributed by atoms with van der Waals surface area (Å²) in [6, 6.07) is 0. The molecule has 0 N–H and O–H groups in total. The Kier molecular flexibility index (Phi) is 3.79. The lowest BCUT2D eigenvalue weighted by atomic mass is 10.2. The van der Waals surface area contributed by atoms with Crippen LogP contribution in [-0.4, -0.2) is 18.9 Å². The molecule has 0 spiro atoms. The van der Waals surface area contributed by atoms with E-state index in [0.29, 0.717) is 12.5 Å². The largest absolute Gasteiger partial charge is 0.328 e. The SMILES string of the molecule is CCCCO[P@]1(=O)CC[C@@H](C)C1. The first-order chi connectivity index (χ1) is 5.66. The Balaban J connectivity index is 2.26. The van der Waals surface area contributed by atoms with Crippen LogP contribution in [0.4, 0.5) is 0 Å². The Hall–Kier alpha value is 0.190. The molecule has 0 aromatic heterocycles. The van der Waals surface area contributed by atoms with Crippen LogP contribution in [0.2, 0.25) is 0 Å². The molecular weight excluding hydrogens is 171 g/mol. The molecule has 2 nitrogen and oxygen atoms in total. The van der Waals surface area contributed by atoms with Gasteiger partial charge in [-0.15, -0.1) is 0 Å². The van der Waals surface area contributed by atoms with Gasteiger partial charge in [0.25, 0.3) is 0 Å². The minimum Gasteiger partial charge on any atom is -0.328 e. The molecule has 1 fully saturated rings. The fourth-order valence-electron chi connectivity index (χ4n) is 1.57. The molecule has 0 aromatic carbocycles. The van der Waals surface area contributed by atoms with Gasteiger partial charge in [-0.25, -0.2) is 0 Å². The van der Waals surface area contributed by atoms with Crippen molar-refractivity contribution in [2.45, 2.75) is 33.1 Å². The van der Waals surface area contributed by atoms with Crippen molar-refractivity contribution in [3.63, 3.8) is 0 Å². The van der Waals surface area contributed by atoms with Crippen molar-refractivity contribution in [3.8, 4) is 0 Å². The van der Waals surface area contributed by atoms with Gasteiger partial charge in [0, 0.05) is 12.3 Å². The molecule has 0 unspecified atom stereocenters. The van der Waals surface area contributed by atoms with E-state index in [1.807, 2.05) is 0 Å². The molecule has 1 aliphatic heterocycles. The summed E-state index contributed by atoms with van der Waals surface area (Å²) >= 11 is 0. The Morgan fingerprint density at radius 1 is 1.58 bits per heavy atom. The molecule has 0 aromatic rings. The first-order valence-corrected chi connectivity index (χ1v) is 6.88. The van der Waals surface area contributed by atoms with E-state index in [9.17, 15) is 4.57 Å². The highest BCUT2D eigenvalue weighted by molar-refractivity contribution is 7.59. The van der Waals surface area contributed by atoms with E-state index >= 15 is 0 Å². The van der Waals surface area contributed by atoms with Gasteiger partial charge in [0.15, 0.2) is 0 Å². The molecule has 3 heteroatoms. The highest BCUT2D eigenvalue weighted by Gasteiger charge is 2.32. The average Bonchev–Trinajstić information content (AvgIpc) is 2.32. The van der Waals surface area contributed by atoms with Crippen LogP contribution in [0, 0.1) is 5.92 Å². The summed E-state index contributed by atoms with van der Waals surface area (Å²) in [6.07, 6.45) is 4.88. The van der Waals surface area contributed by atoms with Crippen LogP contribution in [0.5, 0.6) is 0 Å². The van der Waals surface area contributed by atoms with Gasteiger partial charge >= 0.3 is 0 Å². The normalized spacial score (nSPS) is 35.7. The number of unbranched alkanes of at least 4 members (excludes halogenated alkanes) is 1. The van der Waals surface area contributed by atoms with Gasteiger partial charge in [0.05, 0.1) is 6.61 Å². The Morgan fingerprint density at radius 3 is 2.83 bits per heavy atom. The van der Waals surface area contributed by atoms with Crippen molar-refractivity contribution in [1.82, 2.24) is 0 Å².